The van der Waals surface area contributed by atoms with E-state index in [1.165, 1.54) is 6.92 Å². The van der Waals surface area contributed by atoms with Gasteiger partial charge in [0.2, 0.25) is 35.4 Å². The first kappa shape index (κ1) is 123. The van der Waals surface area contributed by atoms with Crippen LogP contribution in [0.15, 0.2) is 0 Å². The number of ether oxygens (including phenoxy) is 23. The maximum Gasteiger partial charge on any atom is 0.217 e. The number of hydrogen-bond acceptors (Lipinski definition) is 60. The Morgan fingerprint density at radius 2 is 0.413 bits per heavy atom. The van der Waals surface area contributed by atoms with Crippen LogP contribution in [-0.4, -0.2) is 635 Å². The number of carbonyl (C=O) groups is 6. The van der Waals surface area contributed by atoms with Gasteiger partial charge in [0.15, 0.2) is 75.5 Å². The molecule has 150 heavy (non-hydrogen) atoms. The number of aliphatic hydroxyl groups excluding tert-OH is 31. The first-order chi connectivity index (χ1) is 70.9. The number of carbonyl (C=O) groups excluding carboxylic acids is 6. The summed E-state index contributed by atoms with van der Waals surface area (Å²) in [6.07, 6.45) is -118. The van der Waals surface area contributed by atoms with E-state index in [0.717, 1.165) is 41.5 Å². The summed E-state index contributed by atoms with van der Waals surface area (Å²) in [5.41, 5.74) is 0. The van der Waals surface area contributed by atoms with Gasteiger partial charge in [0, 0.05) is 41.5 Å². The smallest absolute Gasteiger partial charge is 0.217 e. The quantitative estimate of drug-likeness (QED) is 0.0272. The molecule has 66 heteroatoms. The third-order valence-corrected chi connectivity index (χ3v) is 27.4. The largest absolute Gasteiger partial charge is 0.394 e. The average Bonchev–Trinajstić information content (AvgIpc) is 0.752. The van der Waals surface area contributed by atoms with Crippen LogP contribution in [0.25, 0.3) is 0 Å². The van der Waals surface area contributed by atoms with E-state index in [2.05, 4.69) is 31.9 Å². The zero-order chi connectivity index (χ0) is 110. The molecule has 66 nitrogen and oxygen atoms in total. The van der Waals surface area contributed by atoms with Crippen molar-refractivity contribution >= 4 is 35.4 Å². The van der Waals surface area contributed by atoms with Gasteiger partial charge < -0.3 is 299 Å². The lowest BCUT2D eigenvalue weighted by atomic mass is 9.93. The predicted molar refractivity (Wildman–Crippen MR) is 463 cm³/mol. The lowest BCUT2D eigenvalue weighted by Gasteiger charge is -2.52. The first-order valence-corrected chi connectivity index (χ1v) is 48.0. The average molecular weight is 2190 g/mol. The molecular formula is C84H140N6O60. The van der Waals surface area contributed by atoms with Crippen LogP contribution in [0.2, 0.25) is 0 Å². The number of rotatable bonds is 39. The van der Waals surface area contributed by atoms with Crippen LogP contribution in [0.4, 0.5) is 0 Å². The van der Waals surface area contributed by atoms with Crippen LogP contribution in [0.5, 0.6) is 0 Å². The van der Waals surface area contributed by atoms with Gasteiger partial charge in [-0.3, -0.25) is 28.8 Å². The molecule has 866 valence electrons. The summed E-state index contributed by atoms with van der Waals surface area (Å²) in [7, 11) is 0. The predicted octanol–water partition coefficient (Wildman–Crippen LogP) is -25.3. The monoisotopic (exact) mass is 2190 g/mol. The lowest BCUT2D eigenvalue weighted by molar-refractivity contribution is -0.407. The molecule has 60 atom stereocenters. The molecule has 0 radical (unpaired) electrons. The highest BCUT2D eigenvalue weighted by Crippen LogP contribution is 2.43. The van der Waals surface area contributed by atoms with Gasteiger partial charge in [0.05, 0.1) is 78.8 Å². The molecule has 0 saturated carbocycles. The molecule has 0 unspecified atom stereocenters. The van der Waals surface area contributed by atoms with Gasteiger partial charge in [0.1, 0.15) is 287 Å². The van der Waals surface area contributed by atoms with Gasteiger partial charge in [-0.2, -0.15) is 0 Å². The normalized spacial score (nSPS) is 48.8. The fourth-order valence-electron chi connectivity index (χ4n) is 19.5. The van der Waals surface area contributed by atoms with E-state index >= 15 is 0 Å². The Labute approximate surface area is 849 Å². The van der Waals surface area contributed by atoms with Crippen LogP contribution in [0.1, 0.15) is 48.5 Å². The van der Waals surface area contributed by atoms with Crippen molar-refractivity contribution in [1.29, 1.82) is 0 Å². The Bertz CT molecular complexity index is 4250. The second-order valence-corrected chi connectivity index (χ2v) is 38.1. The summed E-state index contributed by atoms with van der Waals surface area (Å²) >= 11 is 0. The molecule has 0 spiro atoms. The first-order valence-electron chi connectivity index (χ1n) is 48.0. The SMILES string of the molecule is CC(=O)N[C@@H]1[C@H](O[C@@H]2[C@@H](O[C@@H]3[C@H](O)[C@H](O[C@H]4[C@H](O)[C@@H](NC(C)=O)[C@H](O[C@H]5[C@H](O)[C@@H](NC(C)=O)[C@H](O)O[C@@H]5CO)O[C@@H]4CO)O[C@H](CO[C@H]4O[C@H](CO[C@@H]5O[C@H](CO)[C@@H](O)[C@H](O)[C@H]5NC(C)=O)[C@@H](O)[C@H](O)[C@@H]4O[C@@H]4O[C@H](CO)[C@@H](O[C@@H]5O[C@H](CO)[C@H](O)[C@H](O)[C@H]5O)[C@H](O)[C@H]4NC(C)=O)[C@H]3O)O[C@H](CO)[C@@H](O[C@@H]3O[C@H](CO)[C@@H](O)[C@H](O)[C@H]3NC(C)=O)[C@@H]2O)O[C@H](CO)[C@@H](O[C@@H]2O[C@H](CO)[C@H](O)[C@H](O)[C@H]2O[C@@H]2O[C@@H](C)[C@@H](O)[C@@H](O)[C@@H]2O)[C@@H]1O. The van der Waals surface area contributed by atoms with Crippen molar-refractivity contribution < 1.29 is 296 Å². The minimum atomic E-state index is -2.82. The van der Waals surface area contributed by atoms with E-state index in [0.29, 0.717) is 0 Å². The molecule has 6 amide bonds. The van der Waals surface area contributed by atoms with Gasteiger partial charge >= 0.3 is 0 Å². The summed E-state index contributed by atoms with van der Waals surface area (Å²) < 4.78 is 140. The van der Waals surface area contributed by atoms with Crippen LogP contribution < -0.4 is 31.9 Å². The van der Waals surface area contributed by atoms with E-state index in [9.17, 15) is 187 Å². The number of aliphatic hydroxyl groups is 31. The topological polar surface area (TPSA) is 1010 Å². The van der Waals surface area contributed by atoms with Crippen molar-refractivity contribution in [2.45, 2.75) is 417 Å². The summed E-state index contributed by atoms with van der Waals surface area (Å²) in [5.74, 6) is -5.86. The highest BCUT2D eigenvalue weighted by atomic mass is 16.8. The van der Waals surface area contributed by atoms with Crippen LogP contribution in [0.3, 0.4) is 0 Å². The Balaban J connectivity index is 0.955. The van der Waals surface area contributed by atoms with Crippen molar-refractivity contribution in [3.05, 3.63) is 0 Å². The Kier molecular flexibility index (Phi) is 44.4. The highest BCUT2D eigenvalue weighted by molar-refractivity contribution is 5.75. The maximum absolute atomic E-state index is 13.7. The second-order valence-electron chi connectivity index (χ2n) is 38.1. The standard InChI is InChI=1S/C84H140N6O60/c1-19-43(106)56(119)60(123)79(130-19)150-71-58(121)47(110)29(11-94)135-83(71)146-67-33(15-98)138-78(42(55(67)118)90-25(7)105)149-72-62(125)68(143-75-39(87-22(4)102)51(114)45(108)27(9-92)133-75)34(16-99)139-84(72)147-69-49(112)36(140-81(63(69)126)145-66-32(14-97)136-76(40(53(66)116)88-23(5)103)142-64-30(12-95)131-73(127)37(52(64)115)85-20(2)100)18-129-82-70(59(122)48(111)35(141-82)17-128-74-38(86-21(3)101)50(113)44(107)26(8-91)132-74)148-77-41(89-24(6)104)54(117)65(31(13-96)137-77)144-80-61(124)57(120)46(109)28(10-93)134-80/h19,26-84,91-99,106-127H,8-18H2,1-7H3,(H,85,100)(H,86,101)(H,87,102)(H,88,103)(H,89,104)(H,90,105)/t19-,26+,27+,28+,29+,30+,31+,32+,33+,34+,35+,36+,37+,38+,39+,40+,41+,42-,43+,44+,45+,46-,47-,48+,49+,50+,51+,52+,53+,54+,55+,56+,57-,58-,59-,60-,61+,62-,63-,64+,65+,66+,67+,68+,69-,70-,71+,72-,73+,74+,75-,76-,77-,78-,79-,80-,81-,82-,83-,84+/m0/s1. The number of amides is 6. The van der Waals surface area contributed by atoms with Crippen molar-refractivity contribution in [3.8, 4) is 0 Å². The maximum atomic E-state index is 13.7. The molecular weight excluding hydrogens is 2050 g/mol. The minimum Gasteiger partial charge on any atom is -0.394 e. The molecule has 12 aliphatic rings. The van der Waals surface area contributed by atoms with E-state index in [4.69, 9.17) is 109 Å². The third-order valence-electron chi connectivity index (χ3n) is 27.4. The molecule has 12 rings (SSSR count). The molecule has 0 aromatic carbocycles. The Morgan fingerprint density at radius 3 is 0.813 bits per heavy atom. The van der Waals surface area contributed by atoms with E-state index in [1.807, 2.05) is 0 Å². The molecule has 0 aliphatic carbocycles. The van der Waals surface area contributed by atoms with Crippen LogP contribution >= 0.6 is 0 Å². The molecule has 12 saturated heterocycles. The van der Waals surface area contributed by atoms with Crippen molar-refractivity contribution in [2.24, 2.45) is 0 Å². The van der Waals surface area contributed by atoms with E-state index in [-0.39, 0.29) is 0 Å². The number of nitrogens with one attached hydrogen (secondary N) is 6. The number of hydrogen-bond donors (Lipinski definition) is 37. The summed E-state index contributed by atoms with van der Waals surface area (Å²) in [4.78, 5) is 78.3. The molecule has 12 fully saturated rings. The van der Waals surface area contributed by atoms with Gasteiger partial charge in [-0.05, 0) is 6.92 Å². The molecule has 0 aromatic rings. The third kappa shape index (κ3) is 27.5. The molecule has 12 heterocycles. The lowest BCUT2D eigenvalue weighted by Crippen LogP contribution is -2.71. The zero-order valence-electron chi connectivity index (χ0n) is 81.1. The highest BCUT2D eigenvalue weighted by Gasteiger charge is 2.64. The van der Waals surface area contributed by atoms with Gasteiger partial charge in [-0.1, -0.05) is 0 Å². The minimum absolute atomic E-state index is 0.846. The van der Waals surface area contributed by atoms with Gasteiger partial charge in [-0.15, -0.1) is 0 Å². The zero-order valence-corrected chi connectivity index (χ0v) is 81.1. The molecule has 12 aliphatic heterocycles. The van der Waals surface area contributed by atoms with Crippen LogP contribution in [-0.2, 0) is 138 Å². The van der Waals surface area contributed by atoms with Crippen molar-refractivity contribution in [3.63, 3.8) is 0 Å². The molecule has 0 aromatic heterocycles. The van der Waals surface area contributed by atoms with Gasteiger partial charge in [-0.25, -0.2) is 0 Å². The fraction of sp³-hybridized carbons (Fsp3) is 0.929. The summed E-state index contributed by atoms with van der Waals surface area (Å²) in [5, 5.41) is 368. The molecule has 37 N–H and O–H groups in total. The summed E-state index contributed by atoms with van der Waals surface area (Å²) in [6, 6.07) is -11.8. The second kappa shape index (κ2) is 54.0. The Morgan fingerprint density at radius 1 is 0.187 bits per heavy atom. The molecule has 0 bridgehead atoms. The van der Waals surface area contributed by atoms with Crippen LogP contribution in [0, 0.1) is 0 Å². The van der Waals surface area contributed by atoms with Crippen molar-refractivity contribution in [2.75, 3.05) is 72.7 Å². The fourth-order valence-corrected chi connectivity index (χ4v) is 19.5. The van der Waals surface area contributed by atoms with E-state index in [1.54, 1.807) is 0 Å². The van der Waals surface area contributed by atoms with E-state index < -0.39 is 476 Å². The van der Waals surface area contributed by atoms with Gasteiger partial charge in [0.25, 0.3) is 0 Å². The Hall–Kier alpha value is -5.34. The van der Waals surface area contributed by atoms with Crippen molar-refractivity contribution in [1.82, 2.24) is 31.9 Å². The summed E-state index contributed by atoms with van der Waals surface area (Å²) in [6.45, 7) is -6.50.